The van der Waals surface area contributed by atoms with E-state index in [-0.39, 0.29) is 0 Å². The van der Waals surface area contributed by atoms with Gasteiger partial charge >= 0.3 is 0 Å². The number of aromatic nitrogens is 2. The van der Waals surface area contributed by atoms with Gasteiger partial charge in [0.2, 0.25) is 0 Å². The van der Waals surface area contributed by atoms with E-state index in [0.717, 1.165) is 34.4 Å². The number of pyridine rings is 2. The molecule has 3 rings (SSSR count). The summed E-state index contributed by atoms with van der Waals surface area (Å²) in [6, 6.07) is 14.2. The first-order chi connectivity index (χ1) is 10.3. The molecule has 4 nitrogen and oxygen atoms in total. The fourth-order valence-corrected chi connectivity index (χ4v) is 2.44. The Labute approximate surface area is 124 Å². The van der Waals surface area contributed by atoms with Crippen LogP contribution in [0.4, 0.5) is 5.82 Å². The smallest absolute Gasteiger partial charge is 0.129 e. The molecular formula is C17H18N4. The van der Waals surface area contributed by atoms with Crippen LogP contribution in [0.15, 0.2) is 54.9 Å². The molecule has 0 amide bonds. The van der Waals surface area contributed by atoms with Crippen molar-refractivity contribution < 1.29 is 0 Å². The van der Waals surface area contributed by atoms with Crippen molar-refractivity contribution in [2.75, 3.05) is 11.9 Å². The summed E-state index contributed by atoms with van der Waals surface area (Å²) < 4.78 is 0. The summed E-state index contributed by atoms with van der Waals surface area (Å²) in [5.74, 6) is 0.929. The quantitative estimate of drug-likeness (QED) is 0.797. The van der Waals surface area contributed by atoms with Gasteiger partial charge in [-0.2, -0.15) is 0 Å². The van der Waals surface area contributed by atoms with Crippen LogP contribution in [0.25, 0.3) is 10.9 Å². The van der Waals surface area contributed by atoms with Crippen LogP contribution in [0.3, 0.4) is 0 Å². The standard InChI is InChI=1S/C17H18N4/c1-21(12-13-5-4-8-19-11-13)17-9-14(10-18)15-6-2-3-7-16(15)20-17/h2-9,11H,10,12,18H2,1H3. The molecule has 0 saturated carbocycles. The van der Waals surface area contributed by atoms with Gasteiger partial charge in [0, 0.05) is 37.9 Å². The monoisotopic (exact) mass is 278 g/mol. The summed E-state index contributed by atoms with van der Waals surface area (Å²) in [6.45, 7) is 1.28. The lowest BCUT2D eigenvalue weighted by Crippen LogP contribution is -2.18. The molecule has 106 valence electrons. The predicted octanol–water partition coefficient (Wildman–Crippen LogP) is 2.72. The van der Waals surface area contributed by atoms with Gasteiger partial charge in [-0.05, 0) is 29.3 Å². The molecule has 0 atom stereocenters. The Balaban J connectivity index is 1.96. The molecule has 0 aliphatic heterocycles. The molecule has 0 aliphatic carbocycles. The van der Waals surface area contributed by atoms with E-state index in [9.17, 15) is 0 Å². The van der Waals surface area contributed by atoms with Crippen LogP contribution in [-0.4, -0.2) is 17.0 Å². The lowest BCUT2D eigenvalue weighted by atomic mass is 10.1. The Kier molecular flexibility index (Phi) is 3.79. The molecule has 1 aromatic carbocycles. The third kappa shape index (κ3) is 2.85. The van der Waals surface area contributed by atoms with Crippen molar-refractivity contribution >= 4 is 16.7 Å². The summed E-state index contributed by atoms with van der Waals surface area (Å²) in [6.07, 6.45) is 3.66. The SMILES string of the molecule is CN(Cc1cccnc1)c1cc(CN)c2ccccc2n1. The summed E-state index contributed by atoms with van der Waals surface area (Å²) in [4.78, 5) is 11.0. The molecule has 2 N–H and O–H groups in total. The minimum Gasteiger partial charge on any atom is -0.355 e. The van der Waals surface area contributed by atoms with Crippen molar-refractivity contribution in [2.24, 2.45) is 5.73 Å². The number of anilines is 1. The second kappa shape index (κ2) is 5.89. The number of hydrogen-bond donors (Lipinski definition) is 1. The topological polar surface area (TPSA) is 55.0 Å². The van der Waals surface area contributed by atoms with E-state index < -0.39 is 0 Å². The lowest BCUT2D eigenvalue weighted by Gasteiger charge is -2.19. The first kappa shape index (κ1) is 13.5. The van der Waals surface area contributed by atoms with Crippen LogP contribution in [0, 0.1) is 0 Å². The Morgan fingerprint density at radius 3 is 2.76 bits per heavy atom. The van der Waals surface area contributed by atoms with Crippen molar-refractivity contribution in [1.29, 1.82) is 0 Å². The van der Waals surface area contributed by atoms with E-state index in [4.69, 9.17) is 10.7 Å². The number of fused-ring (bicyclic) bond motifs is 1. The first-order valence-electron chi connectivity index (χ1n) is 6.96. The maximum absolute atomic E-state index is 5.88. The van der Waals surface area contributed by atoms with E-state index in [1.165, 1.54) is 0 Å². The van der Waals surface area contributed by atoms with Gasteiger partial charge in [0.25, 0.3) is 0 Å². The van der Waals surface area contributed by atoms with Crippen molar-refractivity contribution in [3.8, 4) is 0 Å². The highest BCUT2D eigenvalue weighted by atomic mass is 15.2. The number of benzene rings is 1. The summed E-state index contributed by atoms with van der Waals surface area (Å²) >= 11 is 0. The molecule has 0 radical (unpaired) electrons. The third-order valence-electron chi connectivity index (χ3n) is 3.54. The highest BCUT2D eigenvalue weighted by molar-refractivity contribution is 5.84. The maximum Gasteiger partial charge on any atom is 0.129 e. The molecule has 0 fully saturated rings. The average Bonchev–Trinajstić information content (AvgIpc) is 2.54. The molecule has 3 aromatic rings. The minimum atomic E-state index is 0.511. The minimum absolute atomic E-state index is 0.511. The first-order valence-corrected chi connectivity index (χ1v) is 6.96. The second-order valence-corrected chi connectivity index (χ2v) is 5.08. The molecule has 0 spiro atoms. The molecule has 0 saturated heterocycles. The Bertz CT molecular complexity index is 740. The lowest BCUT2D eigenvalue weighted by molar-refractivity contribution is 0.892. The zero-order valence-corrected chi connectivity index (χ0v) is 12.0. The Hall–Kier alpha value is -2.46. The second-order valence-electron chi connectivity index (χ2n) is 5.08. The van der Waals surface area contributed by atoms with Gasteiger partial charge in [0.15, 0.2) is 0 Å². The van der Waals surface area contributed by atoms with Crippen LogP contribution in [-0.2, 0) is 13.1 Å². The van der Waals surface area contributed by atoms with Gasteiger partial charge in [-0.1, -0.05) is 24.3 Å². The molecule has 0 bridgehead atoms. The van der Waals surface area contributed by atoms with Crippen LogP contribution >= 0.6 is 0 Å². The summed E-state index contributed by atoms with van der Waals surface area (Å²) in [7, 11) is 2.03. The van der Waals surface area contributed by atoms with Crippen LogP contribution in [0.1, 0.15) is 11.1 Å². The molecule has 2 heterocycles. The number of para-hydroxylation sites is 1. The third-order valence-corrected chi connectivity index (χ3v) is 3.54. The molecule has 21 heavy (non-hydrogen) atoms. The zero-order chi connectivity index (χ0) is 14.7. The number of rotatable bonds is 4. The van der Waals surface area contributed by atoms with Crippen molar-refractivity contribution in [3.05, 3.63) is 66.0 Å². The van der Waals surface area contributed by atoms with E-state index >= 15 is 0 Å². The van der Waals surface area contributed by atoms with E-state index in [0.29, 0.717) is 6.54 Å². The molecule has 4 heteroatoms. The van der Waals surface area contributed by atoms with Gasteiger partial charge in [-0.25, -0.2) is 4.98 Å². The van der Waals surface area contributed by atoms with Gasteiger partial charge in [-0.15, -0.1) is 0 Å². The van der Waals surface area contributed by atoms with E-state index in [2.05, 4.69) is 28.1 Å². The summed E-state index contributed by atoms with van der Waals surface area (Å²) in [5.41, 5.74) is 9.14. The number of nitrogens with zero attached hydrogens (tertiary/aromatic N) is 3. The van der Waals surface area contributed by atoms with Crippen molar-refractivity contribution in [3.63, 3.8) is 0 Å². The largest absolute Gasteiger partial charge is 0.355 e. The Morgan fingerprint density at radius 2 is 2.00 bits per heavy atom. The fourth-order valence-electron chi connectivity index (χ4n) is 2.44. The average molecular weight is 278 g/mol. The number of nitrogens with two attached hydrogens (primary N) is 1. The fraction of sp³-hybridized carbons (Fsp3) is 0.176. The van der Waals surface area contributed by atoms with E-state index in [1.807, 2.05) is 37.5 Å². The van der Waals surface area contributed by atoms with Gasteiger partial charge < -0.3 is 10.6 Å². The zero-order valence-electron chi connectivity index (χ0n) is 12.0. The van der Waals surface area contributed by atoms with Crippen LogP contribution in [0.2, 0.25) is 0 Å². The van der Waals surface area contributed by atoms with Crippen LogP contribution in [0.5, 0.6) is 0 Å². The molecule has 0 aliphatic rings. The van der Waals surface area contributed by atoms with Gasteiger partial charge in [0.1, 0.15) is 5.82 Å². The normalized spacial score (nSPS) is 10.8. The van der Waals surface area contributed by atoms with Crippen molar-refractivity contribution in [1.82, 2.24) is 9.97 Å². The van der Waals surface area contributed by atoms with Crippen molar-refractivity contribution in [2.45, 2.75) is 13.1 Å². The van der Waals surface area contributed by atoms with Gasteiger partial charge in [0.05, 0.1) is 5.52 Å². The highest BCUT2D eigenvalue weighted by Gasteiger charge is 2.08. The van der Waals surface area contributed by atoms with Crippen LogP contribution < -0.4 is 10.6 Å². The molecular weight excluding hydrogens is 260 g/mol. The van der Waals surface area contributed by atoms with E-state index in [1.54, 1.807) is 6.20 Å². The van der Waals surface area contributed by atoms with Gasteiger partial charge in [-0.3, -0.25) is 4.98 Å². The summed E-state index contributed by atoms with van der Waals surface area (Å²) in [5, 5.41) is 1.12. The molecule has 2 aromatic heterocycles. The Morgan fingerprint density at radius 1 is 1.14 bits per heavy atom. The maximum atomic E-state index is 5.88. The molecule has 0 unspecified atom stereocenters. The number of hydrogen-bond acceptors (Lipinski definition) is 4. The highest BCUT2D eigenvalue weighted by Crippen LogP contribution is 2.23. The predicted molar refractivity (Wildman–Crippen MR) is 86.0 cm³/mol.